The van der Waals surface area contributed by atoms with Gasteiger partial charge < -0.3 is 25.2 Å². The standard InChI is InChI=1S/C22H29N3O4/c1-28-20-8-6-17(7-9-20)21(26)15-24-22(27)23-14-18-4-2-3-5-19(18)16-25-10-12-29-13-11-25/h2-9,21,26H,10-16H2,1H3,(H2,23,24,27). The van der Waals surface area contributed by atoms with E-state index in [-0.39, 0.29) is 12.6 Å². The summed E-state index contributed by atoms with van der Waals surface area (Å²) in [6.07, 6.45) is -0.778. The van der Waals surface area contributed by atoms with E-state index in [1.807, 2.05) is 18.2 Å². The van der Waals surface area contributed by atoms with Gasteiger partial charge in [0.2, 0.25) is 0 Å². The summed E-state index contributed by atoms with van der Waals surface area (Å²) in [5, 5.41) is 15.8. The zero-order chi connectivity index (χ0) is 20.5. The third kappa shape index (κ3) is 6.45. The molecule has 3 rings (SSSR count). The van der Waals surface area contributed by atoms with Gasteiger partial charge in [0.25, 0.3) is 0 Å². The van der Waals surface area contributed by atoms with Crippen LogP contribution in [-0.2, 0) is 17.8 Å². The average Bonchev–Trinajstić information content (AvgIpc) is 2.77. The molecule has 7 heteroatoms. The molecule has 0 aromatic heterocycles. The van der Waals surface area contributed by atoms with Crippen LogP contribution >= 0.6 is 0 Å². The van der Waals surface area contributed by atoms with E-state index >= 15 is 0 Å². The van der Waals surface area contributed by atoms with Gasteiger partial charge in [-0.25, -0.2) is 4.79 Å². The van der Waals surface area contributed by atoms with Crippen molar-refractivity contribution in [2.45, 2.75) is 19.2 Å². The van der Waals surface area contributed by atoms with Gasteiger partial charge in [0.05, 0.1) is 26.4 Å². The molecule has 29 heavy (non-hydrogen) atoms. The van der Waals surface area contributed by atoms with E-state index in [9.17, 15) is 9.90 Å². The Labute approximate surface area is 171 Å². The highest BCUT2D eigenvalue weighted by atomic mass is 16.5. The van der Waals surface area contributed by atoms with Crippen molar-refractivity contribution in [3.8, 4) is 5.75 Å². The summed E-state index contributed by atoms with van der Waals surface area (Å²) in [7, 11) is 1.59. The number of morpholine rings is 1. The minimum Gasteiger partial charge on any atom is -0.497 e. The lowest BCUT2D eigenvalue weighted by atomic mass is 10.1. The third-order valence-corrected chi connectivity index (χ3v) is 5.01. The summed E-state index contributed by atoms with van der Waals surface area (Å²) in [5.41, 5.74) is 3.01. The Kier molecular flexibility index (Phi) is 7.86. The molecule has 3 N–H and O–H groups in total. The van der Waals surface area contributed by atoms with Gasteiger partial charge in [-0.3, -0.25) is 4.90 Å². The number of benzene rings is 2. The molecular weight excluding hydrogens is 370 g/mol. The summed E-state index contributed by atoms with van der Waals surface area (Å²) in [6, 6.07) is 14.9. The number of amides is 2. The normalized spacial score (nSPS) is 15.5. The molecule has 0 bridgehead atoms. The summed E-state index contributed by atoms with van der Waals surface area (Å²) < 4.78 is 10.5. The molecule has 2 aromatic rings. The number of urea groups is 1. The van der Waals surface area contributed by atoms with E-state index in [0.717, 1.165) is 49.7 Å². The lowest BCUT2D eigenvalue weighted by molar-refractivity contribution is 0.0341. The molecule has 1 atom stereocenters. The highest BCUT2D eigenvalue weighted by Gasteiger charge is 2.13. The minimum atomic E-state index is -0.778. The Morgan fingerprint density at radius 3 is 2.48 bits per heavy atom. The number of ether oxygens (including phenoxy) is 2. The molecule has 0 spiro atoms. The molecule has 7 nitrogen and oxygen atoms in total. The number of carbonyl (C=O) groups is 1. The number of hydrogen-bond donors (Lipinski definition) is 3. The largest absolute Gasteiger partial charge is 0.497 e. The number of aliphatic hydroxyl groups is 1. The van der Waals surface area contributed by atoms with Crippen LogP contribution in [0.2, 0.25) is 0 Å². The van der Waals surface area contributed by atoms with Crippen LogP contribution in [0.3, 0.4) is 0 Å². The van der Waals surface area contributed by atoms with Crippen LogP contribution in [0, 0.1) is 0 Å². The third-order valence-electron chi connectivity index (χ3n) is 5.01. The molecule has 1 aliphatic rings. The summed E-state index contributed by atoms with van der Waals surface area (Å²) in [5.74, 6) is 0.724. The van der Waals surface area contributed by atoms with Crippen LogP contribution in [0.15, 0.2) is 48.5 Å². The van der Waals surface area contributed by atoms with Crippen LogP contribution in [0.1, 0.15) is 22.8 Å². The molecule has 1 unspecified atom stereocenters. The van der Waals surface area contributed by atoms with Gasteiger partial charge in [-0.2, -0.15) is 0 Å². The fourth-order valence-electron chi connectivity index (χ4n) is 3.26. The monoisotopic (exact) mass is 399 g/mol. The Morgan fingerprint density at radius 1 is 1.10 bits per heavy atom. The Balaban J connectivity index is 1.46. The van der Waals surface area contributed by atoms with Gasteiger partial charge in [0.1, 0.15) is 5.75 Å². The zero-order valence-electron chi connectivity index (χ0n) is 16.8. The fourth-order valence-corrected chi connectivity index (χ4v) is 3.26. The van der Waals surface area contributed by atoms with Gasteiger partial charge in [0.15, 0.2) is 0 Å². The van der Waals surface area contributed by atoms with Crippen LogP contribution < -0.4 is 15.4 Å². The number of hydrogen-bond acceptors (Lipinski definition) is 5. The zero-order valence-corrected chi connectivity index (χ0v) is 16.8. The van der Waals surface area contributed by atoms with Gasteiger partial charge >= 0.3 is 6.03 Å². The molecule has 2 aromatic carbocycles. The van der Waals surface area contributed by atoms with E-state index in [1.165, 1.54) is 5.56 Å². The van der Waals surface area contributed by atoms with E-state index in [0.29, 0.717) is 6.54 Å². The quantitative estimate of drug-likeness (QED) is 0.633. The van der Waals surface area contributed by atoms with E-state index in [2.05, 4.69) is 21.6 Å². The first-order valence-electron chi connectivity index (χ1n) is 9.86. The molecule has 0 radical (unpaired) electrons. The number of rotatable bonds is 8. The van der Waals surface area contributed by atoms with Crippen molar-refractivity contribution in [1.82, 2.24) is 15.5 Å². The second-order valence-electron chi connectivity index (χ2n) is 7.01. The Bertz CT molecular complexity index is 776. The maximum atomic E-state index is 12.2. The first-order chi connectivity index (χ1) is 14.2. The molecule has 0 saturated carbocycles. The molecule has 0 aliphatic carbocycles. The van der Waals surface area contributed by atoms with E-state index in [4.69, 9.17) is 9.47 Å². The van der Waals surface area contributed by atoms with E-state index in [1.54, 1.807) is 31.4 Å². The van der Waals surface area contributed by atoms with Crippen LogP contribution in [0.4, 0.5) is 4.79 Å². The first kappa shape index (κ1) is 21.1. The summed E-state index contributed by atoms with van der Waals surface area (Å²) >= 11 is 0. The maximum absolute atomic E-state index is 12.2. The minimum absolute atomic E-state index is 0.133. The Morgan fingerprint density at radius 2 is 1.79 bits per heavy atom. The maximum Gasteiger partial charge on any atom is 0.315 e. The molecule has 1 saturated heterocycles. The average molecular weight is 399 g/mol. The van der Waals surface area contributed by atoms with Crippen LogP contribution in [-0.4, -0.2) is 56.0 Å². The van der Waals surface area contributed by atoms with Gasteiger partial charge in [-0.05, 0) is 28.8 Å². The molecule has 1 fully saturated rings. The van der Waals surface area contributed by atoms with Crippen molar-refractivity contribution < 1.29 is 19.4 Å². The predicted octanol–water partition coefficient (Wildman–Crippen LogP) is 2.06. The number of methoxy groups -OCH3 is 1. The van der Waals surface area contributed by atoms with Gasteiger partial charge in [-0.1, -0.05) is 36.4 Å². The van der Waals surface area contributed by atoms with Crippen molar-refractivity contribution in [1.29, 1.82) is 0 Å². The second-order valence-corrected chi connectivity index (χ2v) is 7.01. The van der Waals surface area contributed by atoms with Crippen molar-refractivity contribution in [3.63, 3.8) is 0 Å². The molecule has 1 heterocycles. The number of nitrogens with zero attached hydrogens (tertiary/aromatic N) is 1. The van der Waals surface area contributed by atoms with Crippen LogP contribution in [0.25, 0.3) is 0 Å². The smallest absolute Gasteiger partial charge is 0.315 e. The highest BCUT2D eigenvalue weighted by Crippen LogP contribution is 2.17. The molecular formula is C22H29N3O4. The molecule has 1 aliphatic heterocycles. The lowest BCUT2D eigenvalue weighted by Crippen LogP contribution is -2.38. The number of nitrogens with one attached hydrogen (secondary N) is 2. The van der Waals surface area contributed by atoms with E-state index < -0.39 is 6.10 Å². The highest BCUT2D eigenvalue weighted by molar-refractivity contribution is 5.73. The summed E-state index contributed by atoms with van der Waals surface area (Å²) in [6.45, 7) is 4.78. The lowest BCUT2D eigenvalue weighted by Gasteiger charge is -2.27. The van der Waals surface area contributed by atoms with Crippen molar-refractivity contribution >= 4 is 6.03 Å². The van der Waals surface area contributed by atoms with Crippen LogP contribution in [0.5, 0.6) is 5.75 Å². The first-order valence-corrected chi connectivity index (χ1v) is 9.86. The summed E-state index contributed by atoms with van der Waals surface area (Å²) in [4.78, 5) is 14.5. The van der Waals surface area contributed by atoms with Crippen molar-refractivity contribution in [2.24, 2.45) is 0 Å². The predicted molar refractivity (Wildman–Crippen MR) is 111 cm³/mol. The topological polar surface area (TPSA) is 83.1 Å². The SMILES string of the molecule is COc1ccc(C(O)CNC(=O)NCc2ccccc2CN2CCOCC2)cc1. The molecule has 2 amide bonds. The fraction of sp³-hybridized carbons (Fsp3) is 0.409. The number of carbonyl (C=O) groups excluding carboxylic acids is 1. The van der Waals surface area contributed by atoms with Gasteiger partial charge in [-0.15, -0.1) is 0 Å². The second kappa shape index (κ2) is 10.8. The molecule has 156 valence electrons. The Hall–Kier alpha value is -2.61. The van der Waals surface area contributed by atoms with Crippen molar-refractivity contribution in [3.05, 3.63) is 65.2 Å². The van der Waals surface area contributed by atoms with Gasteiger partial charge in [0, 0.05) is 32.7 Å². The van der Waals surface area contributed by atoms with Crippen molar-refractivity contribution in [2.75, 3.05) is 40.0 Å². The number of aliphatic hydroxyl groups excluding tert-OH is 1.